The van der Waals surface area contributed by atoms with E-state index in [-0.39, 0.29) is 0 Å². The van der Waals surface area contributed by atoms with Gasteiger partial charge in [0.05, 0.1) is 0 Å². The normalized spacial score (nSPS) is 19.9. The standard InChI is InChI=1S/C12H14F2/c1-3-8-5-9-7(2)4-11(13)12(14)10(9)6-8/h4,8H,3,5-6H2,1-2H3. The highest BCUT2D eigenvalue weighted by molar-refractivity contribution is 5.40. The van der Waals surface area contributed by atoms with E-state index < -0.39 is 11.6 Å². The van der Waals surface area contributed by atoms with Gasteiger partial charge in [-0.05, 0) is 48.4 Å². The summed E-state index contributed by atoms with van der Waals surface area (Å²) < 4.78 is 26.5. The summed E-state index contributed by atoms with van der Waals surface area (Å²) in [7, 11) is 0. The maximum Gasteiger partial charge on any atom is 0.162 e. The maximum atomic E-state index is 13.4. The van der Waals surface area contributed by atoms with Crippen LogP contribution in [0.5, 0.6) is 0 Å². The molecule has 0 saturated heterocycles. The number of fused-ring (bicyclic) bond motifs is 1. The van der Waals surface area contributed by atoms with Gasteiger partial charge in [0.2, 0.25) is 0 Å². The number of hydrogen-bond donors (Lipinski definition) is 0. The second-order valence-corrected chi connectivity index (χ2v) is 4.13. The molecule has 1 atom stereocenters. The number of hydrogen-bond acceptors (Lipinski definition) is 0. The summed E-state index contributed by atoms with van der Waals surface area (Å²) >= 11 is 0. The molecule has 0 amide bonds. The van der Waals surface area contributed by atoms with E-state index >= 15 is 0 Å². The van der Waals surface area contributed by atoms with Crippen molar-refractivity contribution >= 4 is 0 Å². The van der Waals surface area contributed by atoms with Gasteiger partial charge in [0, 0.05) is 0 Å². The molecule has 0 N–H and O–H groups in total. The number of rotatable bonds is 1. The molecule has 0 spiro atoms. The molecule has 1 aliphatic rings. The Balaban J connectivity index is 2.50. The molecule has 1 aromatic carbocycles. The minimum Gasteiger partial charge on any atom is -0.204 e. The predicted molar refractivity (Wildman–Crippen MR) is 52.3 cm³/mol. The van der Waals surface area contributed by atoms with Crippen LogP contribution in [0.25, 0.3) is 0 Å². The Labute approximate surface area is 82.9 Å². The minimum absolute atomic E-state index is 0.500. The predicted octanol–water partition coefficient (Wildman–Crippen LogP) is 3.40. The van der Waals surface area contributed by atoms with Crippen LogP contribution in [0, 0.1) is 24.5 Å². The van der Waals surface area contributed by atoms with Crippen molar-refractivity contribution in [1.29, 1.82) is 0 Å². The number of benzene rings is 1. The van der Waals surface area contributed by atoms with E-state index in [1.54, 1.807) is 0 Å². The van der Waals surface area contributed by atoms with Crippen LogP contribution < -0.4 is 0 Å². The molecule has 0 nitrogen and oxygen atoms in total. The lowest BCUT2D eigenvalue weighted by Gasteiger charge is -2.05. The van der Waals surface area contributed by atoms with Crippen molar-refractivity contribution in [2.75, 3.05) is 0 Å². The van der Waals surface area contributed by atoms with Gasteiger partial charge in [-0.2, -0.15) is 0 Å². The van der Waals surface area contributed by atoms with Crippen LogP contribution in [0.3, 0.4) is 0 Å². The molecule has 14 heavy (non-hydrogen) atoms. The van der Waals surface area contributed by atoms with Crippen LogP contribution in [0.4, 0.5) is 8.78 Å². The summed E-state index contributed by atoms with van der Waals surface area (Å²) in [4.78, 5) is 0. The summed E-state index contributed by atoms with van der Waals surface area (Å²) in [6.07, 6.45) is 2.65. The van der Waals surface area contributed by atoms with Crippen molar-refractivity contribution in [3.8, 4) is 0 Å². The van der Waals surface area contributed by atoms with Crippen molar-refractivity contribution in [1.82, 2.24) is 0 Å². The quantitative estimate of drug-likeness (QED) is 0.645. The zero-order valence-electron chi connectivity index (χ0n) is 8.53. The van der Waals surface area contributed by atoms with Crippen molar-refractivity contribution in [3.63, 3.8) is 0 Å². The lowest BCUT2D eigenvalue weighted by atomic mass is 10.0. The van der Waals surface area contributed by atoms with Gasteiger partial charge in [0.25, 0.3) is 0 Å². The van der Waals surface area contributed by atoms with Crippen molar-refractivity contribution < 1.29 is 8.78 Å². The van der Waals surface area contributed by atoms with E-state index in [1.807, 2.05) is 6.92 Å². The van der Waals surface area contributed by atoms with Gasteiger partial charge in [0.1, 0.15) is 0 Å². The molecule has 1 aliphatic carbocycles. The van der Waals surface area contributed by atoms with Crippen LogP contribution >= 0.6 is 0 Å². The Kier molecular flexibility index (Phi) is 2.30. The largest absolute Gasteiger partial charge is 0.204 e. The average molecular weight is 196 g/mol. The lowest BCUT2D eigenvalue weighted by Crippen LogP contribution is -1.97. The van der Waals surface area contributed by atoms with Crippen LogP contribution in [0.1, 0.15) is 30.0 Å². The third-order valence-corrected chi connectivity index (χ3v) is 3.22. The fourth-order valence-electron chi connectivity index (χ4n) is 2.29. The van der Waals surface area contributed by atoms with E-state index in [9.17, 15) is 8.78 Å². The molecular weight excluding hydrogens is 182 g/mol. The first kappa shape index (κ1) is 9.63. The van der Waals surface area contributed by atoms with E-state index in [0.717, 1.165) is 24.0 Å². The summed E-state index contributed by atoms with van der Waals surface area (Å²) in [5.41, 5.74) is 2.56. The molecule has 0 radical (unpaired) electrons. The molecular formula is C12H14F2. The van der Waals surface area contributed by atoms with E-state index in [0.29, 0.717) is 17.9 Å². The molecule has 2 rings (SSSR count). The summed E-state index contributed by atoms with van der Waals surface area (Å²) in [6.45, 7) is 3.96. The Morgan fingerprint density at radius 2 is 1.93 bits per heavy atom. The highest BCUT2D eigenvalue weighted by atomic mass is 19.2. The monoisotopic (exact) mass is 196 g/mol. The second-order valence-electron chi connectivity index (χ2n) is 4.13. The smallest absolute Gasteiger partial charge is 0.162 e. The third kappa shape index (κ3) is 1.33. The molecule has 0 aromatic heterocycles. The highest BCUT2D eigenvalue weighted by Gasteiger charge is 2.26. The minimum atomic E-state index is -0.696. The summed E-state index contributed by atoms with van der Waals surface area (Å²) in [6, 6.07) is 1.31. The zero-order chi connectivity index (χ0) is 10.3. The van der Waals surface area contributed by atoms with Crippen molar-refractivity contribution in [3.05, 3.63) is 34.4 Å². The third-order valence-electron chi connectivity index (χ3n) is 3.22. The molecule has 0 bridgehead atoms. The Morgan fingerprint density at radius 3 is 2.57 bits per heavy atom. The fraction of sp³-hybridized carbons (Fsp3) is 0.500. The highest BCUT2D eigenvalue weighted by Crippen LogP contribution is 2.33. The Bertz CT molecular complexity index is 369. The Morgan fingerprint density at radius 1 is 1.29 bits per heavy atom. The Hall–Kier alpha value is -0.920. The number of aryl methyl sites for hydroxylation is 1. The maximum absolute atomic E-state index is 13.4. The molecule has 1 aromatic rings. The van der Waals surface area contributed by atoms with Crippen LogP contribution in [0.2, 0.25) is 0 Å². The van der Waals surface area contributed by atoms with Crippen molar-refractivity contribution in [2.24, 2.45) is 5.92 Å². The first-order valence-electron chi connectivity index (χ1n) is 5.09. The zero-order valence-corrected chi connectivity index (χ0v) is 8.53. The topological polar surface area (TPSA) is 0 Å². The van der Waals surface area contributed by atoms with E-state index in [4.69, 9.17) is 0 Å². The van der Waals surface area contributed by atoms with Crippen LogP contribution in [-0.4, -0.2) is 0 Å². The first-order chi connectivity index (χ1) is 6.63. The van der Waals surface area contributed by atoms with Gasteiger partial charge < -0.3 is 0 Å². The lowest BCUT2D eigenvalue weighted by molar-refractivity contribution is 0.490. The number of halogens is 2. The second kappa shape index (κ2) is 3.34. The van der Waals surface area contributed by atoms with Gasteiger partial charge in [0.15, 0.2) is 11.6 Å². The van der Waals surface area contributed by atoms with Crippen LogP contribution in [-0.2, 0) is 12.8 Å². The molecule has 76 valence electrons. The van der Waals surface area contributed by atoms with E-state index in [1.165, 1.54) is 6.07 Å². The SMILES string of the molecule is CCC1Cc2c(C)cc(F)c(F)c2C1. The van der Waals surface area contributed by atoms with Gasteiger partial charge >= 0.3 is 0 Å². The van der Waals surface area contributed by atoms with E-state index in [2.05, 4.69) is 6.92 Å². The van der Waals surface area contributed by atoms with Gasteiger partial charge in [-0.15, -0.1) is 0 Å². The molecule has 0 heterocycles. The average Bonchev–Trinajstić information content (AvgIpc) is 2.58. The van der Waals surface area contributed by atoms with Crippen LogP contribution in [0.15, 0.2) is 6.07 Å². The van der Waals surface area contributed by atoms with Gasteiger partial charge in [-0.3, -0.25) is 0 Å². The molecule has 2 heteroatoms. The summed E-state index contributed by atoms with van der Waals surface area (Å²) in [5.74, 6) is -0.820. The summed E-state index contributed by atoms with van der Waals surface area (Å²) in [5, 5.41) is 0. The molecule has 1 unspecified atom stereocenters. The molecule has 0 fully saturated rings. The fourth-order valence-corrected chi connectivity index (χ4v) is 2.29. The van der Waals surface area contributed by atoms with Crippen molar-refractivity contribution in [2.45, 2.75) is 33.1 Å². The molecule has 0 aliphatic heterocycles. The molecule has 0 saturated carbocycles. The van der Waals surface area contributed by atoms with Gasteiger partial charge in [-0.1, -0.05) is 13.3 Å². The van der Waals surface area contributed by atoms with Gasteiger partial charge in [-0.25, -0.2) is 8.78 Å². The first-order valence-corrected chi connectivity index (χ1v) is 5.09.